The van der Waals surface area contributed by atoms with E-state index in [0.717, 1.165) is 48.2 Å². The number of thioether (sulfide) groups is 2. The van der Waals surface area contributed by atoms with Crippen LogP contribution in [0.2, 0.25) is 0 Å². The van der Waals surface area contributed by atoms with E-state index >= 15 is 0 Å². The number of aromatic nitrogens is 2. The summed E-state index contributed by atoms with van der Waals surface area (Å²) in [6.45, 7) is 3.74. The first-order valence-corrected chi connectivity index (χ1v) is 13.9. The summed E-state index contributed by atoms with van der Waals surface area (Å²) in [4.78, 5) is 23.7. The number of likely N-dealkylation sites (N-methyl/N-ethyl adjacent to an activating group) is 1. The van der Waals surface area contributed by atoms with Gasteiger partial charge in [0.05, 0.1) is 11.4 Å². The highest BCUT2D eigenvalue weighted by atomic mass is 32.2. The Hall–Kier alpha value is -3.08. The summed E-state index contributed by atoms with van der Waals surface area (Å²) < 4.78 is 15.5. The van der Waals surface area contributed by atoms with Gasteiger partial charge in [-0.05, 0) is 54.4 Å². The average Bonchev–Trinajstić information content (AvgIpc) is 3.69. The zero-order valence-corrected chi connectivity index (χ0v) is 22.8. The Morgan fingerprint density at radius 3 is 2.76 bits per heavy atom. The largest absolute Gasteiger partial charge is 0.354 e. The number of nitriles is 1. The van der Waals surface area contributed by atoms with Gasteiger partial charge in [0.15, 0.2) is 16.5 Å². The minimum absolute atomic E-state index is 0.00963. The standard InChI is InChI=1S/C24H30FN9OS2/c1-5-17-20(32(4)22-29-19(18(12-26)36-22)14-6-8-15(25)9-7-14)34-23(28-17)37-24(30-34)33-11-10-16(13-33)31(3)21(35)27-2/h6-9,16,22,24,29-30H,5,10-11,13H2,1-4H3,(H,27,35). The summed E-state index contributed by atoms with van der Waals surface area (Å²) in [5, 5.41) is 16.8. The molecule has 1 saturated heterocycles. The number of carbonyl (C=O) groups is 1. The summed E-state index contributed by atoms with van der Waals surface area (Å²) in [5.41, 5.74) is 5.82. The molecule has 0 radical (unpaired) electrons. The summed E-state index contributed by atoms with van der Waals surface area (Å²) in [6, 6.07) is 8.53. The molecule has 10 nitrogen and oxygen atoms in total. The van der Waals surface area contributed by atoms with Crippen molar-refractivity contribution in [3.05, 3.63) is 46.2 Å². The van der Waals surface area contributed by atoms with Gasteiger partial charge < -0.3 is 20.4 Å². The number of nitrogens with one attached hydrogen (secondary N) is 3. The van der Waals surface area contributed by atoms with Crippen molar-refractivity contribution in [1.29, 1.82) is 5.26 Å². The van der Waals surface area contributed by atoms with Crippen molar-refractivity contribution >= 4 is 41.1 Å². The molecule has 0 saturated carbocycles. The summed E-state index contributed by atoms with van der Waals surface area (Å²) in [7, 11) is 5.47. The van der Waals surface area contributed by atoms with Crippen LogP contribution in [0.25, 0.3) is 5.70 Å². The molecule has 2 aromatic rings. The number of fused-ring (bicyclic) bond motifs is 1. The molecule has 13 heteroatoms. The molecule has 4 heterocycles. The molecule has 0 aliphatic carbocycles. The number of urea groups is 1. The second-order valence-electron chi connectivity index (χ2n) is 9.10. The van der Waals surface area contributed by atoms with E-state index in [1.165, 1.54) is 23.9 Å². The quantitative estimate of drug-likeness (QED) is 0.507. The number of likely N-dealkylation sites (tertiary alicyclic amines) is 1. The third kappa shape index (κ3) is 4.69. The Morgan fingerprint density at radius 1 is 1.32 bits per heavy atom. The van der Waals surface area contributed by atoms with Crippen molar-refractivity contribution in [3.63, 3.8) is 0 Å². The number of anilines is 1. The van der Waals surface area contributed by atoms with Crippen LogP contribution in [0.3, 0.4) is 0 Å². The lowest BCUT2D eigenvalue weighted by molar-refractivity contribution is 0.190. The number of hydrogen-bond donors (Lipinski definition) is 3. The lowest BCUT2D eigenvalue weighted by Crippen LogP contribution is -2.45. The molecule has 1 aromatic heterocycles. The first kappa shape index (κ1) is 25.6. The molecule has 1 aromatic carbocycles. The van der Waals surface area contributed by atoms with Gasteiger partial charge in [0.1, 0.15) is 22.3 Å². The highest BCUT2D eigenvalue weighted by Crippen LogP contribution is 2.41. The van der Waals surface area contributed by atoms with Gasteiger partial charge in [0.25, 0.3) is 0 Å². The number of carbonyl (C=O) groups excluding carboxylic acids is 1. The maximum absolute atomic E-state index is 13.5. The zero-order valence-electron chi connectivity index (χ0n) is 21.2. The number of allylic oxidation sites excluding steroid dienone is 1. The maximum Gasteiger partial charge on any atom is 0.317 e. The van der Waals surface area contributed by atoms with E-state index < -0.39 is 0 Å². The number of rotatable bonds is 6. The minimum atomic E-state index is -0.313. The Bertz CT molecular complexity index is 1260. The van der Waals surface area contributed by atoms with Crippen LogP contribution < -0.4 is 21.0 Å². The van der Waals surface area contributed by atoms with Gasteiger partial charge in [-0.25, -0.2) is 18.8 Å². The molecule has 3 atom stereocenters. The number of imidazole rings is 1. The maximum atomic E-state index is 13.5. The monoisotopic (exact) mass is 543 g/mol. The van der Waals surface area contributed by atoms with Crippen LogP contribution in [0.4, 0.5) is 15.0 Å². The molecule has 196 valence electrons. The SMILES string of the molecule is CCc1nc2n(c1N(C)C1NC(c3ccc(F)cc3)=C(C#N)S1)NC(N1CCC(N(C)C(=O)NC)C1)S2. The third-order valence-corrected chi connectivity index (χ3v) is 9.24. The lowest BCUT2D eigenvalue weighted by atomic mass is 10.1. The molecule has 37 heavy (non-hydrogen) atoms. The first-order valence-electron chi connectivity index (χ1n) is 12.1. The fourth-order valence-corrected chi connectivity index (χ4v) is 6.96. The Morgan fingerprint density at radius 2 is 2.08 bits per heavy atom. The van der Waals surface area contributed by atoms with Crippen molar-refractivity contribution < 1.29 is 9.18 Å². The molecule has 0 bridgehead atoms. The summed E-state index contributed by atoms with van der Waals surface area (Å²) in [5.74, 6) is 0.626. The first-order chi connectivity index (χ1) is 17.8. The minimum Gasteiger partial charge on any atom is -0.354 e. The zero-order chi connectivity index (χ0) is 26.3. The summed E-state index contributed by atoms with van der Waals surface area (Å²) in [6.07, 6.45) is 1.67. The third-order valence-electron chi connectivity index (χ3n) is 6.94. The normalized spacial score (nSPS) is 22.9. The number of aryl methyl sites for hydroxylation is 1. The molecule has 0 spiro atoms. The molecular weight excluding hydrogens is 513 g/mol. The van der Waals surface area contributed by atoms with Crippen LogP contribution in [0.5, 0.6) is 0 Å². The van der Waals surface area contributed by atoms with Crippen molar-refractivity contribution in [3.8, 4) is 6.07 Å². The lowest BCUT2D eigenvalue weighted by Gasteiger charge is -2.30. The van der Waals surface area contributed by atoms with E-state index in [4.69, 9.17) is 4.98 Å². The van der Waals surface area contributed by atoms with Gasteiger partial charge in [-0.1, -0.05) is 18.7 Å². The Kier molecular flexibility index (Phi) is 7.15. The number of hydrogen-bond acceptors (Lipinski definition) is 9. The predicted octanol–water partition coefficient (Wildman–Crippen LogP) is 2.81. The van der Waals surface area contributed by atoms with E-state index in [1.807, 2.05) is 18.8 Å². The van der Waals surface area contributed by atoms with E-state index in [2.05, 4.69) is 38.9 Å². The van der Waals surface area contributed by atoms with Crippen molar-refractivity contribution in [2.45, 2.75) is 42.0 Å². The highest BCUT2D eigenvalue weighted by molar-refractivity contribution is 8.04. The molecule has 2 amide bonds. The smallest absolute Gasteiger partial charge is 0.317 e. The Labute approximate surface area is 224 Å². The molecule has 3 unspecified atom stereocenters. The Balaban J connectivity index is 1.32. The second-order valence-corrected chi connectivity index (χ2v) is 11.2. The molecule has 5 rings (SSSR count). The van der Waals surface area contributed by atoms with Gasteiger partial charge in [0.2, 0.25) is 0 Å². The van der Waals surface area contributed by atoms with Gasteiger partial charge in [-0.3, -0.25) is 10.3 Å². The molecular formula is C24H30FN9OS2. The average molecular weight is 544 g/mol. The van der Waals surface area contributed by atoms with E-state index in [1.54, 1.807) is 35.8 Å². The molecule has 3 aliphatic rings. The predicted molar refractivity (Wildman–Crippen MR) is 145 cm³/mol. The van der Waals surface area contributed by atoms with Crippen LogP contribution in [0.15, 0.2) is 34.3 Å². The van der Waals surface area contributed by atoms with Gasteiger partial charge in [-0.15, -0.1) is 0 Å². The number of amides is 2. The topological polar surface area (TPSA) is 104 Å². The van der Waals surface area contributed by atoms with Gasteiger partial charge in [-0.2, -0.15) is 5.26 Å². The van der Waals surface area contributed by atoms with Crippen molar-refractivity contribution in [2.75, 3.05) is 44.6 Å². The summed E-state index contributed by atoms with van der Waals surface area (Å²) >= 11 is 3.10. The van der Waals surface area contributed by atoms with Crippen LogP contribution in [-0.4, -0.2) is 76.8 Å². The van der Waals surface area contributed by atoms with E-state index in [0.29, 0.717) is 10.6 Å². The molecule has 1 fully saturated rings. The van der Waals surface area contributed by atoms with E-state index in [9.17, 15) is 14.4 Å². The van der Waals surface area contributed by atoms with Gasteiger partial charge in [0, 0.05) is 40.3 Å². The fourth-order valence-electron chi connectivity index (χ4n) is 4.85. The number of nitrogens with zero attached hydrogens (tertiary/aromatic N) is 6. The van der Waals surface area contributed by atoms with Crippen molar-refractivity contribution in [1.82, 2.24) is 30.1 Å². The van der Waals surface area contributed by atoms with Crippen LogP contribution >= 0.6 is 23.5 Å². The van der Waals surface area contributed by atoms with Crippen LogP contribution in [-0.2, 0) is 6.42 Å². The molecule has 3 N–H and O–H groups in total. The molecule has 3 aliphatic heterocycles. The van der Waals surface area contributed by atoms with Crippen molar-refractivity contribution in [2.24, 2.45) is 0 Å². The van der Waals surface area contributed by atoms with E-state index in [-0.39, 0.29) is 28.9 Å². The van der Waals surface area contributed by atoms with Crippen LogP contribution in [0, 0.1) is 17.1 Å². The number of benzene rings is 1. The highest BCUT2D eigenvalue weighted by Gasteiger charge is 2.39. The fraction of sp³-hybridized carbons (Fsp3) is 0.458. The van der Waals surface area contributed by atoms with Gasteiger partial charge >= 0.3 is 6.03 Å². The van der Waals surface area contributed by atoms with Crippen LogP contribution in [0.1, 0.15) is 24.6 Å². The number of halogens is 1. The second kappa shape index (κ2) is 10.4.